The van der Waals surface area contributed by atoms with Crippen LogP contribution in [-0.4, -0.2) is 91.1 Å². The fraction of sp³-hybridized carbons (Fsp3) is 0.0417. The Labute approximate surface area is 573 Å². The van der Waals surface area contributed by atoms with Crippen molar-refractivity contribution in [3.05, 3.63) is 254 Å². The summed E-state index contributed by atoms with van der Waals surface area (Å²) in [7, 11) is -11.9. The molecule has 0 bridgehead atoms. The number of sulfonamides is 3. The molecule has 98 heavy (non-hydrogen) atoms. The molecule has 0 amide bonds. The van der Waals surface area contributed by atoms with Crippen LogP contribution in [0.3, 0.4) is 0 Å². The lowest BCUT2D eigenvalue weighted by atomic mass is 10.1. The van der Waals surface area contributed by atoms with Crippen molar-refractivity contribution in [2.75, 3.05) is 31.4 Å². The van der Waals surface area contributed by atoms with Crippen LogP contribution in [0.5, 0.6) is 17.2 Å². The lowest BCUT2D eigenvalue weighted by Crippen LogP contribution is -2.13. The average Bonchev–Trinajstić information content (AvgIpc) is 0.792. The number of carbonyl (C=O) groups is 3. The third-order valence-electron chi connectivity index (χ3n) is 14.7. The van der Waals surface area contributed by atoms with Crippen molar-refractivity contribution < 1.29 is 79.1 Å². The van der Waals surface area contributed by atoms with Crippen molar-refractivity contribution in [3.8, 4) is 50.6 Å². The molecular weight excluding hydrogens is 1380 g/mol. The Morgan fingerprint density at radius 3 is 0.878 bits per heavy atom. The van der Waals surface area contributed by atoms with E-state index in [1.165, 1.54) is 78.9 Å². The van der Waals surface area contributed by atoms with Crippen LogP contribution in [0.2, 0.25) is 0 Å². The standard InChI is InChI=1S/2C24H18FNO5S2.C24H19NO5S2/c25-17-5-3-4-16(12-17)15-8-10-18(11-9-15)33(30,31)26-21-13-22(32-14-23(27)28)24(29)20-7-2-1-6-19(20)21;25-17-9-5-15(6-10-17)16-7-11-18(12-8-16)33(30,31)26-21-13-22(32-14-23(27)28)24(29)20-4-2-1-3-19(20)21;26-23(27)15-31-22-14-21(19-8-4-5-9-20(19)24(22)28)25-32(29,30)18-12-10-17(11-13-18)16-6-2-1-3-7-16/h2*1-13,26,29H,14H2,(H,27,28);1-14,25,28H,15H2,(H,26,27). The maximum absolute atomic E-state index is 13.5. The zero-order chi connectivity index (χ0) is 69.9. The van der Waals surface area contributed by atoms with E-state index in [1.807, 2.05) is 30.3 Å². The monoisotopic (exact) mass is 1430 g/mol. The molecule has 0 atom stereocenters. The van der Waals surface area contributed by atoms with Crippen molar-refractivity contribution in [1.29, 1.82) is 0 Å². The molecule has 0 saturated carbocycles. The summed E-state index contributed by atoms with van der Waals surface area (Å²) >= 11 is 2.71. The van der Waals surface area contributed by atoms with Gasteiger partial charge >= 0.3 is 17.9 Å². The van der Waals surface area contributed by atoms with Crippen LogP contribution >= 0.6 is 35.3 Å². The number of halogens is 2. The van der Waals surface area contributed by atoms with Crippen molar-refractivity contribution in [2.24, 2.45) is 0 Å². The number of hydrogen-bond donors (Lipinski definition) is 9. The summed E-state index contributed by atoms with van der Waals surface area (Å²) in [6.07, 6.45) is 0. The van der Waals surface area contributed by atoms with Gasteiger partial charge < -0.3 is 30.6 Å². The largest absolute Gasteiger partial charge is 0.506 e. The van der Waals surface area contributed by atoms with Crippen LogP contribution in [0.1, 0.15) is 0 Å². The number of hydrogen-bond acceptors (Lipinski definition) is 15. The lowest BCUT2D eigenvalue weighted by molar-refractivity contribution is -0.134. The number of fused-ring (bicyclic) bond motifs is 3. The van der Waals surface area contributed by atoms with Gasteiger partial charge in [-0.05, 0) is 112 Å². The Morgan fingerprint density at radius 2 is 0.571 bits per heavy atom. The van der Waals surface area contributed by atoms with Crippen molar-refractivity contribution >= 4 is 133 Å². The summed E-state index contributed by atoms with van der Waals surface area (Å²) in [5.74, 6) is -5.05. The molecule has 0 saturated heterocycles. The van der Waals surface area contributed by atoms with Crippen LogP contribution in [0.4, 0.5) is 25.8 Å². The highest BCUT2D eigenvalue weighted by Crippen LogP contribution is 2.44. The highest BCUT2D eigenvalue weighted by atomic mass is 32.2. The van der Waals surface area contributed by atoms with Gasteiger partial charge in [0, 0.05) is 32.3 Å². The highest BCUT2D eigenvalue weighted by Gasteiger charge is 2.24. The molecule has 0 aliphatic carbocycles. The molecule has 498 valence electrons. The molecule has 0 radical (unpaired) electrons. The second-order valence-corrected chi connectivity index (χ2v) is 29.4. The number of aliphatic carboxylic acids is 3. The molecule has 0 aromatic heterocycles. The van der Waals surface area contributed by atoms with Crippen LogP contribution in [0, 0.1) is 11.6 Å². The van der Waals surface area contributed by atoms with Gasteiger partial charge in [0.2, 0.25) is 0 Å². The topological polar surface area (TPSA) is 311 Å². The second-order valence-electron chi connectivity index (χ2n) is 21.3. The minimum atomic E-state index is -4.00. The third-order valence-corrected chi connectivity index (χ3v) is 21.9. The minimum absolute atomic E-state index is 0.000418. The summed E-state index contributed by atoms with van der Waals surface area (Å²) in [4.78, 5) is 33.8. The predicted octanol–water partition coefficient (Wildman–Crippen LogP) is 15.8. The highest BCUT2D eigenvalue weighted by molar-refractivity contribution is 8.00. The summed E-state index contributed by atoms with van der Waals surface area (Å²) in [6, 6.07) is 64.7. The first kappa shape index (κ1) is 70.2. The van der Waals surface area contributed by atoms with E-state index in [2.05, 4.69) is 14.2 Å². The van der Waals surface area contributed by atoms with Crippen LogP contribution in [0.25, 0.3) is 65.7 Å². The fourth-order valence-corrected chi connectivity index (χ4v) is 15.4. The van der Waals surface area contributed by atoms with Gasteiger partial charge in [-0.1, -0.05) is 164 Å². The first-order valence-electron chi connectivity index (χ1n) is 29.1. The van der Waals surface area contributed by atoms with Gasteiger partial charge in [-0.3, -0.25) is 28.5 Å². The number of carboxylic acids is 3. The number of phenolic OH excluding ortho intramolecular Hbond substituents is 3. The van der Waals surface area contributed by atoms with Gasteiger partial charge in [0.15, 0.2) is 0 Å². The van der Waals surface area contributed by atoms with E-state index in [9.17, 15) is 63.7 Å². The molecule has 12 aromatic carbocycles. The number of anilines is 3. The van der Waals surface area contributed by atoms with Crippen LogP contribution < -0.4 is 14.2 Å². The molecule has 0 unspecified atom stereocenters. The van der Waals surface area contributed by atoms with Gasteiger partial charge in [0.25, 0.3) is 30.1 Å². The van der Waals surface area contributed by atoms with Crippen molar-refractivity contribution in [3.63, 3.8) is 0 Å². The Balaban J connectivity index is 0.000000159. The zero-order valence-corrected chi connectivity index (χ0v) is 55.7. The second kappa shape index (κ2) is 30.6. The average molecular weight is 1430 g/mol. The number of benzene rings is 12. The fourth-order valence-electron chi connectivity index (χ4n) is 10.0. The molecular formula is C72H55F2N3O15S6. The Morgan fingerprint density at radius 1 is 0.306 bits per heavy atom. The molecule has 0 aliphatic heterocycles. The Hall–Kier alpha value is -10.6. The number of nitrogens with one attached hydrogen (secondary N) is 3. The molecule has 12 rings (SSSR count). The molecule has 18 nitrogen and oxygen atoms in total. The summed E-state index contributed by atoms with van der Waals surface area (Å²) in [5, 5.41) is 61.2. The predicted molar refractivity (Wildman–Crippen MR) is 380 cm³/mol. The summed E-state index contributed by atoms with van der Waals surface area (Å²) in [6.45, 7) is 0. The first-order chi connectivity index (χ1) is 46.8. The van der Waals surface area contributed by atoms with Crippen molar-refractivity contribution in [2.45, 2.75) is 29.4 Å². The number of aromatic hydroxyl groups is 3. The minimum Gasteiger partial charge on any atom is -0.506 e. The Kier molecular flexibility index (Phi) is 21.9. The van der Waals surface area contributed by atoms with Crippen LogP contribution in [0.15, 0.2) is 272 Å². The summed E-state index contributed by atoms with van der Waals surface area (Å²) in [5.41, 5.74) is 5.34. The number of phenols is 3. The number of carboxylic acid groups (broad SMARTS) is 3. The van der Waals surface area contributed by atoms with Gasteiger partial charge in [-0.15, -0.1) is 35.3 Å². The maximum Gasteiger partial charge on any atom is 0.313 e. The molecule has 26 heteroatoms. The van der Waals surface area contributed by atoms with Gasteiger partial charge in [-0.25, -0.2) is 34.0 Å². The zero-order valence-electron chi connectivity index (χ0n) is 50.8. The van der Waals surface area contributed by atoms with Crippen LogP contribution in [-0.2, 0) is 44.5 Å². The number of rotatable bonds is 21. The smallest absolute Gasteiger partial charge is 0.313 e. The third kappa shape index (κ3) is 17.1. The molecule has 9 N–H and O–H groups in total. The van der Waals surface area contributed by atoms with E-state index in [0.717, 1.165) is 57.5 Å². The molecule has 0 heterocycles. The lowest BCUT2D eigenvalue weighted by Gasteiger charge is -2.15. The molecule has 0 fully saturated rings. The number of thioether (sulfide) groups is 3. The molecule has 12 aromatic rings. The van der Waals surface area contributed by atoms with E-state index in [1.54, 1.807) is 133 Å². The molecule has 0 spiro atoms. The van der Waals surface area contributed by atoms with Gasteiger partial charge in [0.05, 0.1) is 63.7 Å². The van der Waals surface area contributed by atoms with Crippen molar-refractivity contribution in [1.82, 2.24) is 0 Å². The van der Waals surface area contributed by atoms with E-state index in [-0.39, 0.29) is 92.6 Å². The van der Waals surface area contributed by atoms with E-state index in [0.29, 0.717) is 43.4 Å². The van der Waals surface area contributed by atoms with Gasteiger partial charge in [0.1, 0.15) is 28.9 Å². The summed E-state index contributed by atoms with van der Waals surface area (Å²) < 4.78 is 113. The maximum atomic E-state index is 13.5. The van der Waals surface area contributed by atoms with Gasteiger partial charge in [-0.2, -0.15) is 0 Å². The normalized spacial score (nSPS) is 11.4. The SMILES string of the molecule is O=C(O)CSc1cc(NS(=O)(=O)c2ccc(-c3ccc(F)cc3)cc2)c2ccccc2c1O.O=C(O)CSc1cc(NS(=O)(=O)c2ccc(-c3cccc(F)c3)cc2)c2ccccc2c1O.O=C(O)CSc1cc(NS(=O)(=O)c2ccc(-c3ccccc3)cc2)c2ccccc2c1O. The molecule has 0 aliphatic rings. The van der Waals surface area contributed by atoms with E-state index < -0.39 is 48.0 Å². The first-order valence-corrected chi connectivity index (χ1v) is 36.5. The van der Waals surface area contributed by atoms with E-state index in [4.69, 9.17) is 15.3 Å². The van der Waals surface area contributed by atoms with E-state index >= 15 is 0 Å². The quantitative estimate of drug-likeness (QED) is 0.0238. The Bertz CT molecular complexity index is 5330.